The minimum atomic E-state index is -0.211. The van der Waals surface area contributed by atoms with Gasteiger partial charge in [-0.05, 0) is 32.3 Å². The average molecular weight is 232 g/mol. The topological polar surface area (TPSA) is 26.3 Å². The van der Waals surface area contributed by atoms with Crippen molar-refractivity contribution in [3.05, 3.63) is 48.6 Å². The molecule has 1 unspecified atom stereocenters. The molecule has 0 aliphatic carbocycles. The first kappa shape index (κ1) is 13.5. The third kappa shape index (κ3) is 4.85. The van der Waals surface area contributed by atoms with Crippen molar-refractivity contribution in [2.45, 2.75) is 32.8 Å². The second-order valence-corrected chi connectivity index (χ2v) is 4.35. The van der Waals surface area contributed by atoms with Crippen LogP contribution in [0.15, 0.2) is 43.0 Å². The van der Waals surface area contributed by atoms with Crippen LogP contribution in [0.25, 0.3) is 0 Å². The van der Waals surface area contributed by atoms with Crippen molar-refractivity contribution < 1.29 is 9.53 Å². The van der Waals surface area contributed by atoms with Gasteiger partial charge < -0.3 is 4.74 Å². The number of ether oxygens (including phenoxy) is 1. The van der Waals surface area contributed by atoms with Gasteiger partial charge in [-0.3, -0.25) is 4.79 Å². The van der Waals surface area contributed by atoms with Crippen LogP contribution in [0, 0.1) is 5.92 Å². The molecule has 0 spiro atoms. The van der Waals surface area contributed by atoms with Crippen molar-refractivity contribution in [2.24, 2.45) is 5.92 Å². The molecule has 1 aromatic carbocycles. The van der Waals surface area contributed by atoms with Crippen LogP contribution in [0.2, 0.25) is 0 Å². The highest BCUT2D eigenvalue weighted by Crippen LogP contribution is 2.13. The first-order chi connectivity index (χ1) is 8.13. The Balaban J connectivity index is 2.47. The summed E-state index contributed by atoms with van der Waals surface area (Å²) >= 11 is 0. The largest absolute Gasteiger partial charge is 0.463 e. The van der Waals surface area contributed by atoms with Crippen LogP contribution < -0.4 is 0 Å². The summed E-state index contributed by atoms with van der Waals surface area (Å²) in [7, 11) is 0. The van der Waals surface area contributed by atoms with E-state index in [4.69, 9.17) is 4.74 Å². The second kappa shape index (κ2) is 6.89. The summed E-state index contributed by atoms with van der Waals surface area (Å²) < 4.78 is 5.18. The van der Waals surface area contributed by atoms with Gasteiger partial charge >= 0.3 is 5.97 Å². The zero-order valence-electron chi connectivity index (χ0n) is 10.6. The Hall–Kier alpha value is -1.57. The Labute approximate surface area is 103 Å². The monoisotopic (exact) mass is 232 g/mol. The minimum absolute atomic E-state index is 0.0679. The lowest BCUT2D eigenvalue weighted by Crippen LogP contribution is -2.20. The fraction of sp³-hybridized carbons (Fsp3) is 0.400. The van der Waals surface area contributed by atoms with Crippen LogP contribution in [0.5, 0.6) is 0 Å². The molecule has 0 fully saturated rings. The van der Waals surface area contributed by atoms with Crippen LogP contribution in [0.3, 0.4) is 0 Å². The highest BCUT2D eigenvalue weighted by atomic mass is 16.5. The number of esters is 1. The van der Waals surface area contributed by atoms with Crippen molar-refractivity contribution in [1.82, 2.24) is 0 Å². The number of rotatable bonds is 6. The lowest BCUT2D eigenvalue weighted by atomic mass is 9.99. The third-order valence-corrected chi connectivity index (χ3v) is 2.53. The Kier molecular flexibility index (Phi) is 5.47. The molecule has 92 valence electrons. The molecular formula is C15H20O2. The molecule has 2 heteroatoms. The van der Waals surface area contributed by atoms with Crippen molar-refractivity contribution in [2.75, 3.05) is 0 Å². The summed E-state index contributed by atoms with van der Waals surface area (Å²) in [6.07, 6.45) is 3.22. The van der Waals surface area contributed by atoms with Crippen molar-refractivity contribution in [3.63, 3.8) is 0 Å². The number of hydrogen-bond donors (Lipinski definition) is 0. The van der Waals surface area contributed by atoms with Gasteiger partial charge in [-0.25, -0.2) is 0 Å². The SMILES string of the molecule is C=CC(CCc1ccccc1)C(=O)OC(C)C. The molecule has 0 saturated heterocycles. The molecule has 17 heavy (non-hydrogen) atoms. The molecular weight excluding hydrogens is 212 g/mol. The summed E-state index contributed by atoms with van der Waals surface area (Å²) in [6.45, 7) is 7.41. The van der Waals surface area contributed by atoms with Gasteiger partial charge in [0.25, 0.3) is 0 Å². The van der Waals surface area contributed by atoms with Crippen LogP contribution in [-0.4, -0.2) is 12.1 Å². The fourth-order valence-electron chi connectivity index (χ4n) is 1.62. The normalized spacial score (nSPS) is 12.2. The Morgan fingerprint density at radius 2 is 2.00 bits per heavy atom. The smallest absolute Gasteiger partial charge is 0.313 e. The van der Waals surface area contributed by atoms with Gasteiger partial charge in [0.1, 0.15) is 0 Å². The molecule has 0 aliphatic rings. The molecule has 0 bridgehead atoms. The third-order valence-electron chi connectivity index (χ3n) is 2.53. The Morgan fingerprint density at radius 3 is 2.53 bits per heavy atom. The summed E-state index contributed by atoms with van der Waals surface area (Å²) in [6, 6.07) is 10.1. The standard InChI is InChI=1S/C15H20O2/c1-4-14(15(16)17-12(2)3)11-10-13-8-6-5-7-9-13/h4-9,12,14H,1,10-11H2,2-3H3. The first-order valence-electron chi connectivity index (χ1n) is 6.00. The molecule has 0 aromatic heterocycles. The molecule has 0 amide bonds. The molecule has 1 aromatic rings. The number of benzene rings is 1. The van der Waals surface area contributed by atoms with Gasteiger partial charge in [0.15, 0.2) is 0 Å². The Bertz CT molecular complexity index is 354. The molecule has 1 rings (SSSR count). The van der Waals surface area contributed by atoms with E-state index in [0.717, 1.165) is 12.8 Å². The highest BCUT2D eigenvalue weighted by Gasteiger charge is 2.17. The van der Waals surface area contributed by atoms with Gasteiger partial charge in [-0.2, -0.15) is 0 Å². The van der Waals surface area contributed by atoms with Gasteiger partial charge in [-0.1, -0.05) is 36.4 Å². The maximum absolute atomic E-state index is 11.7. The van der Waals surface area contributed by atoms with Crippen LogP contribution in [0.4, 0.5) is 0 Å². The molecule has 0 radical (unpaired) electrons. The zero-order chi connectivity index (χ0) is 12.7. The van der Waals surface area contributed by atoms with E-state index in [2.05, 4.69) is 18.7 Å². The molecule has 1 atom stereocenters. The van der Waals surface area contributed by atoms with Crippen molar-refractivity contribution in [3.8, 4) is 0 Å². The van der Waals surface area contributed by atoms with E-state index < -0.39 is 0 Å². The van der Waals surface area contributed by atoms with E-state index in [9.17, 15) is 4.79 Å². The van der Waals surface area contributed by atoms with E-state index in [-0.39, 0.29) is 18.0 Å². The van der Waals surface area contributed by atoms with Crippen LogP contribution >= 0.6 is 0 Å². The van der Waals surface area contributed by atoms with Gasteiger partial charge in [-0.15, -0.1) is 6.58 Å². The molecule has 0 heterocycles. The number of carbonyl (C=O) groups excluding carboxylic acids is 1. The lowest BCUT2D eigenvalue weighted by molar-refractivity contribution is -0.150. The van der Waals surface area contributed by atoms with Gasteiger partial charge in [0.05, 0.1) is 12.0 Å². The highest BCUT2D eigenvalue weighted by molar-refractivity contribution is 5.74. The lowest BCUT2D eigenvalue weighted by Gasteiger charge is -2.14. The minimum Gasteiger partial charge on any atom is -0.463 e. The fourth-order valence-corrected chi connectivity index (χ4v) is 1.62. The quantitative estimate of drug-likeness (QED) is 0.555. The van der Waals surface area contributed by atoms with Crippen LogP contribution in [0.1, 0.15) is 25.8 Å². The molecule has 0 N–H and O–H groups in total. The van der Waals surface area contributed by atoms with E-state index in [1.165, 1.54) is 5.56 Å². The molecule has 0 aliphatic heterocycles. The van der Waals surface area contributed by atoms with Crippen LogP contribution in [-0.2, 0) is 16.0 Å². The maximum atomic E-state index is 11.7. The predicted octanol–water partition coefficient (Wildman–Crippen LogP) is 3.37. The average Bonchev–Trinajstić information content (AvgIpc) is 2.30. The van der Waals surface area contributed by atoms with E-state index >= 15 is 0 Å². The van der Waals surface area contributed by atoms with Crippen molar-refractivity contribution >= 4 is 5.97 Å². The zero-order valence-corrected chi connectivity index (χ0v) is 10.6. The summed E-state index contributed by atoms with van der Waals surface area (Å²) in [5.74, 6) is -0.386. The summed E-state index contributed by atoms with van der Waals surface area (Å²) in [5, 5.41) is 0. The Morgan fingerprint density at radius 1 is 1.35 bits per heavy atom. The van der Waals surface area contributed by atoms with Gasteiger partial charge in [0.2, 0.25) is 0 Å². The van der Waals surface area contributed by atoms with Crippen molar-refractivity contribution in [1.29, 1.82) is 0 Å². The number of carbonyl (C=O) groups is 1. The van der Waals surface area contributed by atoms with E-state index in [1.807, 2.05) is 32.0 Å². The molecule has 2 nitrogen and oxygen atoms in total. The summed E-state index contributed by atoms with van der Waals surface area (Å²) in [5.41, 5.74) is 1.23. The predicted molar refractivity (Wildman–Crippen MR) is 69.7 cm³/mol. The maximum Gasteiger partial charge on any atom is 0.313 e. The summed E-state index contributed by atoms with van der Waals surface area (Å²) in [4.78, 5) is 11.7. The number of hydrogen-bond acceptors (Lipinski definition) is 2. The van der Waals surface area contributed by atoms with E-state index in [1.54, 1.807) is 6.08 Å². The number of aryl methyl sites for hydroxylation is 1. The second-order valence-electron chi connectivity index (χ2n) is 4.35. The first-order valence-corrected chi connectivity index (χ1v) is 6.00. The van der Waals surface area contributed by atoms with Gasteiger partial charge in [0, 0.05) is 0 Å². The van der Waals surface area contributed by atoms with E-state index in [0.29, 0.717) is 0 Å². The molecule has 0 saturated carbocycles.